The molecule has 4 aromatic carbocycles. The summed E-state index contributed by atoms with van der Waals surface area (Å²) in [4.78, 5) is 104. The van der Waals surface area contributed by atoms with E-state index in [9.17, 15) is 38.4 Å². The van der Waals surface area contributed by atoms with Crippen molar-refractivity contribution in [3.63, 3.8) is 0 Å². The number of Topliss-reactive ketones (excluding diaryl/α,β-unsaturated/α-hetero) is 2. The van der Waals surface area contributed by atoms with Gasteiger partial charge < -0.3 is 30.7 Å². The highest BCUT2D eigenvalue weighted by Gasteiger charge is 2.42. The van der Waals surface area contributed by atoms with E-state index in [0.29, 0.717) is 40.9 Å². The lowest BCUT2D eigenvalue weighted by atomic mass is 9.62. The maximum absolute atomic E-state index is 14.0. The number of anilines is 1. The van der Waals surface area contributed by atoms with Crippen LogP contribution in [0.25, 0.3) is 11.1 Å². The molecule has 1 aliphatic rings. The number of aryl methyl sites for hydroxylation is 1. The molecular formula is C52H56N4O10. The Balaban J connectivity index is 1.35. The second-order valence-electron chi connectivity index (χ2n) is 18.0. The van der Waals surface area contributed by atoms with Gasteiger partial charge in [-0.15, -0.1) is 0 Å². The number of rotatable bonds is 17. The van der Waals surface area contributed by atoms with Crippen molar-refractivity contribution >= 4 is 52.8 Å². The van der Waals surface area contributed by atoms with Crippen molar-refractivity contribution in [2.24, 2.45) is 10.8 Å². The average molecular weight is 897 g/mol. The summed E-state index contributed by atoms with van der Waals surface area (Å²) in [7, 11) is 1.38. The molecule has 0 bridgehead atoms. The van der Waals surface area contributed by atoms with Gasteiger partial charge in [0.1, 0.15) is 0 Å². The zero-order valence-electron chi connectivity index (χ0n) is 38.4. The summed E-state index contributed by atoms with van der Waals surface area (Å²) in [6.45, 7) is 17.7. The Labute approximate surface area is 384 Å². The maximum atomic E-state index is 14.0. The lowest BCUT2D eigenvalue weighted by Crippen LogP contribution is -2.50. The normalized spacial score (nSPS) is 16.1. The smallest absolute Gasteiger partial charge is 0.339 e. The van der Waals surface area contributed by atoms with Gasteiger partial charge in [0, 0.05) is 36.4 Å². The van der Waals surface area contributed by atoms with Crippen LogP contribution in [0.2, 0.25) is 0 Å². The van der Waals surface area contributed by atoms with Crippen LogP contribution >= 0.6 is 0 Å². The number of benzene rings is 4. The molecule has 0 aromatic heterocycles. The van der Waals surface area contributed by atoms with E-state index < -0.39 is 48.5 Å². The first kappa shape index (κ1) is 49.5. The molecule has 344 valence electrons. The minimum Gasteiger partial charge on any atom is -0.454 e. The van der Waals surface area contributed by atoms with Gasteiger partial charge in [0.15, 0.2) is 24.8 Å². The molecule has 2 atom stereocenters. The van der Waals surface area contributed by atoms with E-state index in [-0.39, 0.29) is 62.1 Å². The van der Waals surface area contributed by atoms with Crippen LogP contribution in [0.3, 0.4) is 0 Å². The summed E-state index contributed by atoms with van der Waals surface area (Å²) < 4.78 is 10.4. The summed E-state index contributed by atoms with van der Waals surface area (Å²) >= 11 is 0. The Bertz CT molecular complexity index is 2610. The quantitative estimate of drug-likeness (QED) is 0.0603. The number of nitrogens with one attached hydrogen (secondary N) is 4. The zero-order valence-corrected chi connectivity index (χ0v) is 38.4. The monoisotopic (exact) mass is 896 g/mol. The van der Waals surface area contributed by atoms with Crippen molar-refractivity contribution in [2.45, 2.75) is 66.8 Å². The fraction of sp³-hybridized carbons (Fsp3) is 0.308. The lowest BCUT2D eigenvalue weighted by Gasteiger charge is -2.47. The third-order valence-electron chi connectivity index (χ3n) is 11.3. The van der Waals surface area contributed by atoms with E-state index in [2.05, 4.69) is 55.2 Å². The topological polar surface area (TPSA) is 203 Å². The molecule has 0 radical (unpaired) electrons. The van der Waals surface area contributed by atoms with Crippen molar-refractivity contribution in [2.75, 3.05) is 32.1 Å². The molecule has 0 aliphatic heterocycles. The highest BCUT2D eigenvalue weighted by Crippen LogP contribution is 2.46. The van der Waals surface area contributed by atoms with Gasteiger partial charge in [0.2, 0.25) is 0 Å². The molecule has 4 N–H and O–H groups in total. The number of carbonyl (C=O) groups is 8. The molecule has 0 heterocycles. The van der Waals surface area contributed by atoms with E-state index in [1.807, 2.05) is 19.1 Å². The lowest BCUT2D eigenvalue weighted by molar-refractivity contribution is -0.119. The van der Waals surface area contributed by atoms with Crippen LogP contribution in [0.15, 0.2) is 109 Å². The zero-order chi connectivity index (χ0) is 48.5. The Morgan fingerprint density at radius 1 is 0.621 bits per heavy atom. The van der Waals surface area contributed by atoms with Gasteiger partial charge in [-0.05, 0) is 134 Å². The largest absolute Gasteiger partial charge is 0.454 e. The van der Waals surface area contributed by atoms with Gasteiger partial charge in [-0.1, -0.05) is 63.8 Å². The third kappa shape index (κ3) is 12.8. The van der Waals surface area contributed by atoms with Crippen molar-refractivity contribution in [1.29, 1.82) is 0 Å². The highest BCUT2D eigenvalue weighted by molar-refractivity contribution is 6.13. The van der Waals surface area contributed by atoms with Crippen LogP contribution in [-0.4, -0.2) is 80.0 Å². The first-order valence-electron chi connectivity index (χ1n) is 21.4. The van der Waals surface area contributed by atoms with Gasteiger partial charge in [-0.3, -0.25) is 28.8 Å². The molecule has 0 saturated heterocycles. The Morgan fingerprint density at radius 3 is 1.61 bits per heavy atom. The fourth-order valence-electron chi connectivity index (χ4n) is 8.12. The number of hydrogen-bond acceptors (Lipinski definition) is 10. The van der Waals surface area contributed by atoms with Crippen molar-refractivity contribution in [1.82, 2.24) is 16.0 Å². The molecule has 2 unspecified atom stereocenters. The Morgan fingerprint density at radius 2 is 1.11 bits per heavy atom. The molecule has 5 rings (SSSR count). The minimum absolute atomic E-state index is 0.0803. The second kappa shape index (κ2) is 21.0. The van der Waals surface area contributed by atoms with Gasteiger partial charge in [-0.25, -0.2) is 9.59 Å². The summed E-state index contributed by atoms with van der Waals surface area (Å²) in [6.07, 6.45) is 2.24. The summed E-state index contributed by atoms with van der Waals surface area (Å²) in [5, 5.41) is 11.5. The highest BCUT2D eigenvalue weighted by atomic mass is 16.5. The summed E-state index contributed by atoms with van der Waals surface area (Å²) in [5.41, 5.74) is 2.48. The average Bonchev–Trinajstić information content (AvgIpc) is 3.27. The molecular weight excluding hydrogens is 841 g/mol. The van der Waals surface area contributed by atoms with E-state index in [1.165, 1.54) is 57.3 Å². The second-order valence-corrected chi connectivity index (χ2v) is 18.0. The summed E-state index contributed by atoms with van der Waals surface area (Å²) in [6, 6.07) is 22.0. The van der Waals surface area contributed by atoms with Crippen molar-refractivity contribution in [3.05, 3.63) is 148 Å². The van der Waals surface area contributed by atoms with E-state index in [1.54, 1.807) is 36.4 Å². The maximum Gasteiger partial charge on any atom is 0.339 e. The fourth-order valence-corrected chi connectivity index (χ4v) is 8.12. The van der Waals surface area contributed by atoms with Crippen molar-refractivity contribution in [3.8, 4) is 11.1 Å². The Hall–Kier alpha value is -7.48. The van der Waals surface area contributed by atoms with Crippen LogP contribution in [0, 0.1) is 17.8 Å². The molecule has 1 fully saturated rings. The van der Waals surface area contributed by atoms with Gasteiger partial charge in [0.05, 0.1) is 22.3 Å². The van der Waals surface area contributed by atoms with Crippen LogP contribution in [0.4, 0.5) is 5.69 Å². The van der Waals surface area contributed by atoms with Crippen LogP contribution in [-0.2, 0) is 19.1 Å². The summed E-state index contributed by atoms with van der Waals surface area (Å²) in [5.74, 6) is -4.70. The van der Waals surface area contributed by atoms with Gasteiger partial charge in [0.25, 0.3) is 23.6 Å². The molecule has 14 nitrogen and oxygen atoms in total. The molecule has 14 heteroatoms. The standard InChI is InChI=1S/C52H56N4O10/c1-30(2)43(57)26-65-49(63)39-20-16-35(22-41(39)47(61)53-9)36-17-21-40(50(64)66-27-44(58)31(3)4)42(23-36)48(62)55-37-18-14-34(15-19-37)46(60)56-38-24-51(6,7)28-52(8,25-38)29-54-45(59)33-12-10-32(5)11-13-33/h10-23,38H,1,3,24-29H2,2,4-9H3,(H,53,61)(H,54,59)(H,55,62)(H,56,60). The number of ketones is 2. The molecule has 4 aromatic rings. The molecule has 4 amide bonds. The van der Waals surface area contributed by atoms with Gasteiger partial charge in [-0.2, -0.15) is 0 Å². The minimum atomic E-state index is -0.961. The number of esters is 2. The van der Waals surface area contributed by atoms with Crippen LogP contribution < -0.4 is 21.3 Å². The van der Waals surface area contributed by atoms with Crippen molar-refractivity contribution < 1.29 is 47.8 Å². The van der Waals surface area contributed by atoms with Gasteiger partial charge >= 0.3 is 11.9 Å². The molecule has 1 aliphatic carbocycles. The van der Waals surface area contributed by atoms with Crippen LogP contribution in [0.5, 0.6) is 0 Å². The number of amides is 4. The predicted molar refractivity (Wildman–Crippen MR) is 250 cm³/mol. The first-order valence-corrected chi connectivity index (χ1v) is 21.4. The molecule has 1 saturated carbocycles. The number of hydrogen-bond donors (Lipinski definition) is 4. The SMILES string of the molecule is C=C(C)C(=O)COC(=O)c1ccc(-c2ccc(C(=O)OCC(=O)C(=C)C)c(C(=O)Nc3ccc(C(=O)NC4CC(C)(C)CC(C)(CNC(=O)c5ccc(C)cc5)C4)cc3)c2)cc1C(=O)NC. The predicted octanol–water partition coefficient (Wildman–Crippen LogP) is 7.62. The Kier molecular flexibility index (Phi) is 15.8. The molecule has 0 spiro atoms. The van der Waals surface area contributed by atoms with E-state index in [4.69, 9.17) is 9.47 Å². The first-order chi connectivity index (χ1) is 31.1. The van der Waals surface area contributed by atoms with Crippen LogP contribution in [0.1, 0.15) is 122 Å². The van der Waals surface area contributed by atoms with E-state index in [0.717, 1.165) is 18.4 Å². The van der Waals surface area contributed by atoms with E-state index >= 15 is 0 Å². The number of carbonyl (C=O) groups excluding carboxylic acids is 8. The number of ether oxygens (including phenoxy) is 2. The third-order valence-corrected chi connectivity index (χ3v) is 11.3. The molecule has 66 heavy (non-hydrogen) atoms.